The van der Waals surface area contributed by atoms with Gasteiger partial charge in [-0.2, -0.15) is 0 Å². The van der Waals surface area contributed by atoms with E-state index in [9.17, 15) is 0 Å². The molecule has 0 radical (unpaired) electrons. The number of hydrogen-bond donors (Lipinski definition) is 0. The summed E-state index contributed by atoms with van der Waals surface area (Å²) >= 11 is 7.15. The maximum absolute atomic E-state index is 5.84. The second-order valence-corrected chi connectivity index (χ2v) is 6.31. The first-order valence-electron chi connectivity index (χ1n) is 5.66. The van der Waals surface area contributed by atoms with Crippen molar-refractivity contribution < 1.29 is 0 Å². The highest BCUT2D eigenvalue weighted by atomic mass is 35.5. The van der Waals surface area contributed by atoms with Crippen molar-refractivity contribution in [1.29, 1.82) is 0 Å². The van der Waals surface area contributed by atoms with Crippen LogP contribution in [0.5, 0.6) is 0 Å². The minimum Gasteiger partial charge on any atom is -0.264 e. The second-order valence-electron chi connectivity index (χ2n) is 5.16. The number of hydrogen-bond acceptors (Lipinski definition) is 6. The first kappa shape index (κ1) is 12.4. The Kier molecular flexibility index (Phi) is 2.75. The van der Waals surface area contributed by atoms with Crippen molar-refractivity contribution in [3.63, 3.8) is 0 Å². The molecule has 3 aromatic heterocycles. The van der Waals surface area contributed by atoms with Crippen LogP contribution < -0.4 is 0 Å². The number of aromatic nitrogens is 6. The summed E-state index contributed by atoms with van der Waals surface area (Å²) in [7, 11) is 0. The van der Waals surface area contributed by atoms with Gasteiger partial charge in [-0.15, -0.1) is 15.3 Å². The minimum atomic E-state index is -0.103. The Bertz CT molecular complexity index is 741. The molecule has 0 unspecified atom stereocenters. The second kappa shape index (κ2) is 4.21. The first-order chi connectivity index (χ1) is 8.97. The van der Waals surface area contributed by atoms with E-state index in [2.05, 4.69) is 45.5 Å². The van der Waals surface area contributed by atoms with Crippen LogP contribution in [0.4, 0.5) is 0 Å². The third-order valence-corrected chi connectivity index (χ3v) is 3.60. The van der Waals surface area contributed by atoms with Crippen LogP contribution in [0.15, 0.2) is 12.4 Å². The summed E-state index contributed by atoms with van der Waals surface area (Å²) in [6, 6.07) is 1.67. The SMILES string of the molecule is CC(C)(C)c1nnsc1-c1nnc2cc(Cl)ncn12. The molecule has 19 heavy (non-hydrogen) atoms. The summed E-state index contributed by atoms with van der Waals surface area (Å²) in [6.07, 6.45) is 1.61. The number of halogens is 1. The van der Waals surface area contributed by atoms with Crippen LogP contribution in [0.1, 0.15) is 26.5 Å². The maximum Gasteiger partial charge on any atom is 0.183 e. The van der Waals surface area contributed by atoms with Gasteiger partial charge in [0.2, 0.25) is 0 Å². The summed E-state index contributed by atoms with van der Waals surface area (Å²) in [5.41, 5.74) is 1.46. The van der Waals surface area contributed by atoms with Crippen LogP contribution in [-0.2, 0) is 5.41 Å². The van der Waals surface area contributed by atoms with Gasteiger partial charge in [-0.3, -0.25) is 4.40 Å². The molecule has 3 rings (SSSR count). The molecule has 0 saturated heterocycles. The number of fused-ring (bicyclic) bond motifs is 1. The van der Waals surface area contributed by atoms with Gasteiger partial charge in [0.1, 0.15) is 16.4 Å². The number of nitrogens with zero attached hydrogens (tertiary/aromatic N) is 6. The van der Waals surface area contributed by atoms with E-state index in [0.29, 0.717) is 16.6 Å². The van der Waals surface area contributed by atoms with E-state index >= 15 is 0 Å². The quantitative estimate of drug-likeness (QED) is 0.645. The Hall–Kier alpha value is -1.60. The predicted octanol–water partition coefficient (Wildman–Crippen LogP) is 2.59. The molecule has 0 aromatic carbocycles. The fourth-order valence-electron chi connectivity index (χ4n) is 1.76. The monoisotopic (exact) mass is 294 g/mol. The average Bonchev–Trinajstić information content (AvgIpc) is 2.91. The van der Waals surface area contributed by atoms with Crippen molar-refractivity contribution in [2.75, 3.05) is 0 Å². The molecule has 8 heteroatoms. The van der Waals surface area contributed by atoms with Crippen LogP contribution in [-0.4, -0.2) is 29.2 Å². The first-order valence-corrected chi connectivity index (χ1v) is 6.81. The van der Waals surface area contributed by atoms with Crippen molar-refractivity contribution in [2.45, 2.75) is 26.2 Å². The molecule has 0 bridgehead atoms. The van der Waals surface area contributed by atoms with Gasteiger partial charge in [-0.1, -0.05) is 36.9 Å². The van der Waals surface area contributed by atoms with E-state index in [1.807, 2.05) is 0 Å². The molecular formula is C11H11ClN6S. The lowest BCUT2D eigenvalue weighted by Crippen LogP contribution is -2.13. The fraction of sp³-hybridized carbons (Fsp3) is 0.364. The topological polar surface area (TPSA) is 68.9 Å². The van der Waals surface area contributed by atoms with E-state index in [1.165, 1.54) is 11.5 Å². The molecule has 0 spiro atoms. The van der Waals surface area contributed by atoms with Crippen molar-refractivity contribution >= 4 is 28.8 Å². The molecule has 0 saturated carbocycles. The zero-order chi connectivity index (χ0) is 13.6. The summed E-state index contributed by atoms with van der Waals surface area (Å²) < 4.78 is 5.82. The molecule has 0 fully saturated rings. The molecule has 3 aromatic rings. The molecular weight excluding hydrogens is 284 g/mol. The third kappa shape index (κ3) is 2.08. The van der Waals surface area contributed by atoms with Crippen molar-refractivity contribution in [3.05, 3.63) is 23.2 Å². The Morgan fingerprint density at radius 3 is 2.74 bits per heavy atom. The van der Waals surface area contributed by atoms with E-state index in [0.717, 1.165) is 10.6 Å². The van der Waals surface area contributed by atoms with Gasteiger partial charge in [0.05, 0.1) is 5.69 Å². The maximum atomic E-state index is 5.84. The molecule has 0 aliphatic heterocycles. The van der Waals surface area contributed by atoms with E-state index < -0.39 is 0 Å². The van der Waals surface area contributed by atoms with Gasteiger partial charge >= 0.3 is 0 Å². The van der Waals surface area contributed by atoms with E-state index in [1.54, 1.807) is 16.8 Å². The van der Waals surface area contributed by atoms with Gasteiger partial charge in [0.15, 0.2) is 11.5 Å². The molecule has 0 amide bonds. The van der Waals surface area contributed by atoms with Crippen LogP contribution in [0, 0.1) is 0 Å². The third-order valence-electron chi connectivity index (χ3n) is 2.67. The standard InChI is InChI=1S/C11H11ClN6S/c1-11(2,3)9-8(19-17-15-9)10-16-14-7-4-6(12)13-5-18(7)10/h4-5H,1-3H3. The normalized spacial score (nSPS) is 12.2. The largest absolute Gasteiger partial charge is 0.264 e. The highest BCUT2D eigenvalue weighted by Gasteiger charge is 2.25. The molecule has 3 heterocycles. The lowest BCUT2D eigenvalue weighted by molar-refractivity contribution is 0.568. The lowest BCUT2D eigenvalue weighted by Gasteiger charge is -2.15. The smallest absolute Gasteiger partial charge is 0.183 e. The van der Waals surface area contributed by atoms with Gasteiger partial charge in [-0.05, 0) is 11.5 Å². The van der Waals surface area contributed by atoms with E-state index in [4.69, 9.17) is 11.6 Å². The van der Waals surface area contributed by atoms with Crippen molar-refractivity contribution in [2.24, 2.45) is 0 Å². The van der Waals surface area contributed by atoms with Gasteiger partial charge in [-0.25, -0.2) is 4.98 Å². The molecule has 98 valence electrons. The Morgan fingerprint density at radius 2 is 2.00 bits per heavy atom. The van der Waals surface area contributed by atoms with E-state index in [-0.39, 0.29) is 5.41 Å². The average molecular weight is 295 g/mol. The van der Waals surface area contributed by atoms with Crippen molar-refractivity contribution in [1.82, 2.24) is 29.2 Å². The fourth-order valence-corrected chi connectivity index (χ4v) is 2.75. The Labute approximate surface area is 118 Å². The molecule has 0 aliphatic carbocycles. The zero-order valence-corrected chi connectivity index (χ0v) is 12.2. The van der Waals surface area contributed by atoms with Crippen LogP contribution in [0.3, 0.4) is 0 Å². The zero-order valence-electron chi connectivity index (χ0n) is 10.6. The van der Waals surface area contributed by atoms with Crippen molar-refractivity contribution in [3.8, 4) is 10.7 Å². The van der Waals surface area contributed by atoms with Crippen LogP contribution in [0.2, 0.25) is 5.15 Å². The Morgan fingerprint density at radius 1 is 1.21 bits per heavy atom. The highest BCUT2D eigenvalue weighted by molar-refractivity contribution is 7.09. The molecule has 6 nitrogen and oxygen atoms in total. The van der Waals surface area contributed by atoms with Gasteiger partial charge in [0, 0.05) is 11.5 Å². The van der Waals surface area contributed by atoms with Gasteiger partial charge < -0.3 is 0 Å². The molecule has 0 N–H and O–H groups in total. The minimum absolute atomic E-state index is 0.103. The van der Waals surface area contributed by atoms with Crippen LogP contribution in [0.25, 0.3) is 16.3 Å². The summed E-state index contributed by atoms with van der Waals surface area (Å²) in [6.45, 7) is 6.27. The Balaban J connectivity index is 2.23. The highest BCUT2D eigenvalue weighted by Crippen LogP contribution is 2.33. The van der Waals surface area contributed by atoms with Gasteiger partial charge in [0.25, 0.3) is 0 Å². The summed E-state index contributed by atoms with van der Waals surface area (Å²) in [4.78, 5) is 4.96. The summed E-state index contributed by atoms with van der Waals surface area (Å²) in [5.74, 6) is 0.694. The molecule has 0 atom stereocenters. The summed E-state index contributed by atoms with van der Waals surface area (Å²) in [5, 5.41) is 12.9. The predicted molar refractivity (Wildman–Crippen MR) is 73.4 cm³/mol. The number of rotatable bonds is 1. The molecule has 0 aliphatic rings. The lowest BCUT2D eigenvalue weighted by atomic mass is 9.91. The van der Waals surface area contributed by atoms with Crippen LogP contribution >= 0.6 is 23.1 Å².